The van der Waals surface area contributed by atoms with Crippen LogP contribution in [0.15, 0.2) is 67.3 Å². The van der Waals surface area contributed by atoms with Crippen LogP contribution < -0.4 is 11.1 Å². The van der Waals surface area contributed by atoms with Gasteiger partial charge in [0.2, 0.25) is 5.95 Å². The second-order valence-electron chi connectivity index (χ2n) is 9.56. The van der Waals surface area contributed by atoms with Crippen LogP contribution in [0.25, 0.3) is 28.0 Å². The maximum atomic E-state index is 12.9. The van der Waals surface area contributed by atoms with Crippen LogP contribution in [0.4, 0.5) is 19.1 Å². The Morgan fingerprint density at radius 1 is 0.974 bits per heavy atom. The van der Waals surface area contributed by atoms with Gasteiger partial charge in [0.1, 0.15) is 6.54 Å². The molecule has 9 nitrogen and oxygen atoms in total. The highest BCUT2D eigenvalue weighted by molar-refractivity contribution is 5.74. The van der Waals surface area contributed by atoms with E-state index < -0.39 is 12.7 Å². The summed E-state index contributed by atoms with van der Waals surface area (Å²) >= 11 is 0. The fraction of sp³-hybridized carbons (Fsp3) is 0.308. The first-order valence-electron chi connectivity index (χ1n) is 12.4. The van der Waals surface area contributed by atoms with E-state index in [0.717, 1.165) is 41.7 Å². The SMILES string of the molecule is Nc1nc2cc(-c3cnn(C(c4ccccc4)C4CCNCC4)c3)cc(-c3cnn(CC(F)(F)F)c3)n2n1. The molecule has 1 atom stereocenters. The molecule has 1 fully saturated rings. The molecule has 1 unspecified atom stereocenters. The van der Waals surface area contributed by atoms with E-state index in [4.69, 9.17) is 10.8 Å². The summed E-state index contributed by atoms with van der Waals surface area (Å²) in [4.78, 5) is 4.30. The van der Waals surface area contributed by atoms with Crippen molar-refractivity contribution in [1.29, 1.82) is 0 Å². The van der Waals surface area contributed by atoms with E-state index in [1.54, 1.807) is 6.20 Å². The number of halogens is 3. The minimum atomic E-state index is -4.38. The summed E-state index contributed by atoms with van der Waals surface area (Å²) in [7, 11) is 0. The molecule has 1 aliphatic heterocycles. The number of nitrogens with one attached hydrogen (secondary N) is 1. The van der Waals surface area contributed by atoms with E-state index in [0.29, 0.717) is 22.8 Å². The van der Waals surface area contributed by atoms with Gasteiger partial charge in [-0.2, -0.15) is 28.4 Å². The Hall–Kier alpha value is -4.19. The molecule has 12 heteroatoms. The summed E-state index contributed by atoms with van der Waals surface area (Å²) in [6.45, 7) is 0.761. The van der Waals surface area contributed by atoms with Crippen molar-refractivity contribution < 1.29 is 13.2 Å². The average Bonchev–Trinajstić information content (AvgIpc) is 3.64. The van der Waals surface area contributed by atoms with E-state index in [-0.39, 0.29) is 12.0 Å². The zero-order valence-electron chi connectivity index (χ0n) is 20.4. The van der Waals surface area contributed by atoms with Gasteiger partial charge < -0.3 is 11.1 Å². The lowest BCUT2D eigenvalue weighted by Gasteiger charge is -2.31. The van der Waals surface area contributed by atoms with Gasteiger partial charge in [-0.1, -0.05) is 30.3 Å². The predicted octanol–water partition coefficient (Wildman–Crippen LogP) is 4.19. The number of fused-ring (bicyclic) bond motifs is 1. The molecule has 3 N–H and O–H groups in total. The summed E-state index contributed by atoms with van der Waals surface area (Å²) < 4.78 is 43.1. The molecule has 1 aromatic carbocycles. The molecular weight excluding hydrogens is 495 g/mol. The van der Waals surface area contributed by atoms with Gasteiger partial charge in [0.15, 0.2) is 5.65 Å². The van der Waals surface area contributed by atoms with E-state index >= 15 is 0 Å². The summed E-state index contributed by atoms with van der Waals surface area (Å²) in [5.41, 5.74) is 10.2. The maximum absolute atomic E-state index is 12.9. The molecule has 0 radical (unpaired) electrons. The van der Waals surface area contributed by atoms with Gasteiger partial charge in [0.05, 0.1) is 24.1 Å². The fourth-order valence-electron chi connectivity index (χ4n) is 5.23. The van der Waals surface area contributed by atoms with E-state index in [1.165, 1.54) is 22.5 Å². The Kier molecular flexibility index (Phi) is 6.10. The number of piperidine rings is 1. The molecular formula is C26H26F3N9. The number of alkyl halides is 3. The summed E-state index contributed by atoms with van der Waals surface area (Å²) in [6, 6.07) is 14.1. The second-order valence-corrected chi connectivity index (χ2v) is 9.56. The van der Waals surface area contributed by atoms with Crippen LogP contribution in [0.5, 0.6) is 0 Å². The van der Waals surface area contributed by atoms with Crippen molar-refractivity contribution in [3.05, 3.63) is 72.8 Å². The van der Waals surface area contributed by atoms with Gasteiger partial charge in [0, 0.05) is 23.5 Å². The van der Waals surface area contributed by atoms with Crippen molar-refractivity contribution >= 4 is 11.6 Å². The van der Waals surface area contributed by atoms with Crippen molar-refractivity contribution in [2.45, 2.75) is 31.6 Å². The van der Waals surface area contributed by atoms with E-state index in [1.807, 2.05) is 41.2 Å². The molecule has 5 heterocycles. The fourth-order valence-corrected chi connectivity index (χ4v) is 5.23. The summed E-state index contributed by atoms with van der Waals surface area (Å²) in [5, 5.41) is 16.3. The molecule has 1 aliphatic rings. The number of aromatic nitrogens is 7. The first kappa shape index (κ1) is 24.2. The Labute approximate surface area is 216 Å². The highest BCUT2D eigenvalue weighted by Gasteiger charge is 2.29. The lowest BCUT2D eigenvalue weighted by Crippen LogP contribution is -2.33. The van der Waals surface area contributed by atoms with Crippen LogP contribution >= 0.6 is 0 Å². The number of pyridine rings is 1. The van der Waals surface area contributed by atoms with Crippen molar-refractivity contribution in [3.8, 4) is 22.4 Å². The summed E-state index contributed by atoms with van der Waals surface area (Å²) in [5.74, 6) is 0.497. The average molecular weight is 522 g/mol. The third-order valence-electron chi connectivity index (χ3n) is 6.92. The van der Waals surface area contributed by atoms with Gasteiger partial charge in [0.25, 0.3) is 0 Å². The molecule has 1 saturated heterocycles. The van der Waals surface area contributed by atoms with Crippen molar-refractivity contribution in [1.82, 2.24) is 39.5 Å². The lowest BCUT2D eigenvalue weighted by atomic mass is 9.86. The van der Waals surface area contributed by atoms with E-state index in [9.17, 15) is 13.2 Å². The van der Waals surface area contributed by atoms with Crippen LogP contribution in [0.3, 0.4) is 0 Å². The van der Waals surface area contributed by atoms with Crippen LogP contribution in [-0.4, -0.2) is 53.4 Å². The lowest BCUT2D eigenvalue weighted by molar-refractivity contribution is -0.142. The molecule has 0 spiro atoms. The number of nitrogens with zero attached hydrogens (tertiary/aromatic N) is 7. The molecule has 196 valence electrons. The van der Waals surface area contributed by atoms with Crippen molar-refractivity contribution in [2.75, 3.05) is 18.8 Å². The van der Waals surface area contributed by atoms with Crippen LogP contribution in [0.1, 0.15) is 24.4 Å². The first-order valence-corrected chi connectivity index (χ1v) is 12.4. The normalized spacial score (nSPS) is 15.8. The molecule has 5 aromatic rings. The van der Waals surface area contributed by atoms with Crippen LogP contribution in [0, 0.1) is 5.92 Å². The third kappa shape index (κ3) is 4.86. The largest absolute Gasteiger partial charge is 0.408 e. The van der Waals surface area contributed by atoms with Gasteiger partial charge in [-0.15, -0.1) is 5.10 Å². The smallest absolute Gasteiger partial charge is 0.366 e. The zero-order valence-corrected chi connectivity index (χ0v) is 20.4. The quantitative estimate of drug-likeness (QED) is 0.347. The topological polar surface area (TPSA) is 104 Å². The van der Waals surface area contributed by atoms with Crippen molar-refractivity contribution in [2.24, 2.45) is 5.92 Å². The molecule has 4 aromatic heterocycles. The molecule has 0 saturated carbocycles. The first-order chi connectivity index (χ1) is 18.3. The highest BCUT2D eigenvalue weighted by Crippen LogP contribution is 2.34. The highest BCUT2D eigenvalue weighted by atomic mass is 19.4. The Morgan fingerprint density at radius 3 is 2.50 bits per heavy atom. The minimum absolute atomic E-state index is 0.0665. The standard InChI is InChI=1S/C26H26F3N9/c27-26(28,29)16-36-14-21(13-32-36)22-10-19(11-23-34-25(30)35-38(22)23)20-12-33-37(15-20)24(17-4-2-1-3-5-17)18-6-8-31-9-7-18/h1-5,10-15,18,24,31H,6-9,16H2,(H2,30,35). The van der Waals surface area contributed by atoms with Crippen LogP contribution in [-0.2, 0) is 6.54 Å². The third-order valence-corrected chi connectivity index (χ3v) is 6.92. The molecule has 0 bridgehead atoms. The predicted molar refractivity (Wildman–Crippen MR) is 136 cm³/mol. The number of hydrogen-bond donors (Lipinski definition) is 2. The minimum Gasteiger partial charge on any atom is -0.366 e. The Morgan fingerprint density at radius 2 is 1.74 bits per heavy atom. The Bertz CT molecular complexity index is 1550. The number of nitrogens with two attached hydrogens (primary N) is 1. The molecule has 6 rings (SSSR count). The number of nitrogen functional groups attached to an aromatic ring is 1. The van der Waals surface area contributed by atoms with E-state index in [2.05, 4.69) is 32.6 Å². The number of anilines is 1. The number of hydrogen-bond acceptors (Lipinski definition) is 6. The van der Waals surface area contributed by atoms with Crippen LogP contribution in [0.2, 0.25) is 0 Å². The summed E-state index contributed by atoms with van der Waals surface area (Å²) in [6.07, 6.45) is 4.26. The second kappa shape index (κ2) is 9.60. The zero-order chi connectivity index (χ0) is 26.3. The van der Waals surface area contributed by atoms with Gasteiger partial charge >= 0.3 is 6.18 Å². The van der Waals surface area contributed by atoms with Crippen molar-refractivity contribution in [3.63, 3.8) is 0 Å². The maximum Gasteiger partial charge on any atom is 0.408 e. The molecule has 0 aliphatic carbocycles. The number of benzene rings is 1. The molecule has 0 amide bonds. The monoisotopic (exact) mass is 521 g/mol. The van der Waals surface area contributed by atoms with Gasteiger partial charge in [-0.25, -0.2) is 4.52 Å². The van der Waals surface area contributed by atoms with Gasteiger partial charge in [-0.05, 0) is 55.1 Å². The molecule has 38 heavy (non-hydrogen) atoms. The van der Waals surface area contributed by atoms with Gasteiger partial charge in [-0.3, -0.25) is 9.36 Å². The Balaban J connectivity index is 1.40. The number of rotatable bonds is 6.